The Bertz CT molecular complexity index is 1370. The Balaban J connectivity index is 1.44. The summed E-state index contributed by atoms with van der Waals surface area (Å²) < 4.78 is 0.906. The fourth-order valence-corrected chi connectivity index (χ4v) is 5.02. The fourth-order valence-electron chi connectivity index (χ4n) is 4.50. The number of amides is 1. The van der Waals surface area contributed by atoms with Crippen molar-refractivity contribution in [3.8, 4) is 11.4 Å². The summed E-state index contributed by atoms with van der Waals surface area (Å²) >= 11 is 9.58. The quantitative estimate of drug-likeness (QED) is 0.282. The van der Waals surface area contributed by atoms with Crippen molar-refractivity contribution in [3.63, 3.8) is 0 Å². The molecule has 0 atom stereocenters. The molecule has 182 valence electrons. The second-order valence-corrected chi connectivity index (χ2v) is 10.2. The van der Waals surface area contributed by atoms with Crippen LogP contribution >= 0.6 is 27.5 Å². The highest BCUT2D eigenvalue weighted by molar-refractivity contribution is 9.10. The molecule has 36 heavy (non-hydrogen) atoms. The number of rotatable bonds is 5. The Hall–Kier alpha value is -3.22. The van der Waals surface area contributed by atoms with Crippen LogP contribution in [0.3, 0.4) is 0 Å². The monoisotopic (exact) mass is 560 g/mol. The van der Waals surface area contributed by atoms with Crippen molar-refractivity contribution in [1.29, 1.82) is 0 Å². The summed E-state index contributed by atoms with van der Waals surface area (Å²) in [6.45, 7) is 4.73. The molecular formula is C29H26BrClN4O. The van der Waals surface area contributed by atoms with Crippen LogP contribution in [0.15, 0.2) is 83.3 Å². The van der Waals surface area contributed by atoms with Crippen molar-refractivity contribution < 1.29 is 4.79 Å². The van der Waals surface area contributed by atoms with Crippen LogP contribution in [-0.4, -0.2) is 47.0 Å². The Morgan fingerprint density at radius 2 is 1.64 bits per heavy atom. The lowest BCUT2D eigenvalue weighted by Gasteiger charge is -2.36. The van der Waals surface area contributed by atoms with Gasteiger partial charge in [-0.15, -0.1) is 0 Å². The maximum atomic E-state index is 13.1. The van der Waals surface area contributed by atoms with Gasteiger partial charge in [0.05, 0.1) is 0 Å². The first kappa shape index (κ1) is 24.5. The number of carbonyl (C=O) groups is 1. The standard InChI is InChI=1S/C29H26BrClN4O/c1-20-26(18-21-10-12-25(31)13-11-21)28(33-27(32-20)22-6-3-2-4-7-22)34-14-16-35(17-15-34)29(36)23-8-5-9-24(30)19-23/h2-13,19H,14-18H2,1H3. The highest BCUT2D eigenvalue weighted by atomic mass is 79.9. The molecule has 5 nitrogen and oxygen atoms in total. The van der Waals surface area contributed by atoms with E-state index >= 15 is 0 Å². The predicted molar refractivity (Wildman–Crippen MR) is 149 cm³/mol. The van der Waals surface area contributed by atoms with Gasteiger partial charge in [0.1, 0.15) is 5.82 Å². The molecule has 0 N–H and O–H groups in total. The molecule has 0 bridgehead atoms. The van der Waals surface area contributed by atoms with Crippen molar-refractivity contribution in [2.45, 2.75) is 13.3 Å². The second-order valence-electron chi connectivity index (χ2n) is 8.89. The minimum atomic E-state index is 0.0566. The van der Waals surface area contributed by atoms with Gasteiger partial charge < -0.3 is 9.80 Å². The number of carbonyl (C=O) groups excluding carboxylic acids is 1. The summed E-state index contributed by atoms with van der Waals surface area (Å²) in [5.74, 6) is 1.71. The average Bonchev–Trinajstić information content (AvgIpc) is 2.91. The predicted octanol–water partition coefficient (Wildman–Crippen LogP) is 6.42. The van der Waals surface area contributed by atoms with Crippen molar-refractivity contribution >= 4 is 39.3 Å². The lowest BCUT2D eigenvalue weighted by Crippen LogP contribution is -2.49. The first-order valence-corrected chi connectivity index (χ1v) is 13.1. The van der Waals surface area contributed by atoms with E-state index in [0.29, 0.717) is 38.2 Å². The molecule has 1 aliphatic rings. The SMILES string of the molecule is Cc1nc(-c2ccccc2)nc(N2CCN(C(=O)c3cccc(Br)c3)CC2)c1Cc1ccc(Cl)cc1. The van der Waals surface area contributed by atoms with Crippen LogP contribution in [0.5, 0.6) is 0 Å². The van der Waals surface area contributed by atoms with Crippen LogP contribution in [0, 0.1) is 6.92 Å². The van der Waals surface area contributed by atoms with E-state index in [1.165, 1.54) is 0 Å². The number of piperazine rings is 1. The van der Waals surface area contributed by atoms with E-state index < -0.39 is 0 Å². The first-order valence-electron chi connectivity index (χ1n) is 11.9. The maximum absolute atomic E-state index is 13.1. The summed E-state index contributed by atoms with van der Waals surface area (Å²) in [6, 6.07) is 25.5. The van der Waals surface area contributed by atoms with Crippen molar-refractivity contribution in [1.82, 2.24) is 14.9 Å². The molecule has 1 saturated heterocycles. The molecule has 7 heteroatoms. The summed E-state index contributed by atoms with van der Waals surface area (Å²) in [5, 5.41) is 0.720. The number of halogens is 2. The van der Waals surface area contributed by atoms with E-state index in [9.17, 15) is 4.79 Å². The molecule has 4 aromatic rings. The summed E-state index contributed by atoms with van der Waals surface area (Å²) in [6.07, 6.45) is 0.713. The van der Waals surface area contributed by atoms with Gasteiger partial charge in [-0.3, -0.25) is 4.79 Å². The van der Waals surface area contributed by atoms with Gasteiger partial charge in [0.15, 0.2) is 5.82 Å². The van der Waals surface area contributed by atoms with Crippen LogP contribution < -0.4 is 4.90 Å². The summed E-state index contributed by atoms with van der Waals surface area (Å²) in [4.78, 5) is 27.2. The van der Waals surface area contributed by atoms with E-state index in [-0.39, 0.29) is 5.91 Å². The Morgan fingerprint density at radius 1 is 0.917 bits per heavy atom. The summed E-state index contributed by atoms with van der Waals surface area (Å²) in [5.41, 5.74) is 4.90. The molecule has 0 unspecified atom stereocenters. The molecule has 5 rings (SSSR count). The fraction of sp³-hybridized carbons (Fsp3) is 0.207. The number of nitrogens with zero attached hydrogens (tertiary/aromatic N) is 4. The third-order valence-corrected chi connectivity index (χ3v) is 7.20. The van der Waals surface area contributed by atoms with Gasteiger partial charge in [-0.1, -0.05) is 76.1 Å². The first-order chi connectivity index (χ1) is 17.5. The van der Waals surface area contributed by atoms with Gasteiger partial charge in [-0.05, 0) is 42.8 Å². The Kier molecular flexibility index (Phi) is 7.35. The molecule has 1 aromatic heterocycles. The molecule has 2 heterocycles. The second kappa shape index (κ2) is 10.8. The molecule has 0 aliphatic carbocycles. The highest BCUT2D eigenvalue weighted by Gasteiger charge is 2.26. The van der Waals surface area contributed by atoms with Crippen LogP contribution in [-0.2, 0) is 6.42 Å². The average molecular weight is 562 g/mol. The van der Waals surface area contributed by atoms with E-state index in [0.717, 1.165) is 43.5 Å². The minimum Gasteiger partial charge on any atom is -0.353 e. The third kappa shape index (κ3) is 5.45. The molecule has 1 amide bonds. The van der Waals surface area contributed by atoms with Gasteiger partial charge in [-0.2, -0.15) is 0 Å². The maximum Gasteiger partial charge on any atom is 0.254 e. The van der Waals surface area contributed by atoms with Crippen molar-refractivity contribution in [3.05, 3.63) is 111 Å². The Labute approximate surface area is 224 Å². The highest BCUT2D eigenvalue weighted by Crippen LogP contribution is 2.29. The van der Waals surface area contributed by atoms with E-state index in [1.807, 2.05) is 83.8 Å². The molecular weight excluding hydrogens is 536 g/mol. The third-order valence-electron chi connectivity index (χ3n) is 6.46. The molecule has 0 saturated carbocycles. The number of hydrogen-bond acceptors (Lipinski definition) is 4. The largest absolute Gasteiger partial charge is 0.353 e. The number of aryl methyl sites for hydroxylation is 1. The lowest BCUT2D eigenvalue weighted by atomic mass is 10.0. The van der Waals surface area contributed by atoms with Gasteiger partial charge in [0, 0.05) is 64.5 Å². The summed E-state index contributed by atoms with van der Waals surface area (Å²) in [7, 11) is 0. The minimum absolute atomic E-state index is 0.0566. The number of aromatic nitrogens is 2. The van der Waals surface area contributed by atoms with Crippen LogP contribution in [0.2, 0.25) is 5.02 Å². The lowest BCUT2D eigenvalue weighted by molar-refractivity contribution is 0.0746. The number of hydrogen-bond donors (Lipinski definition) is 0. The van der Waals surface area contributed by atoms with Crippen molar-refractivity contribution in [2.24, 2.45) is 0 Å². The number of anilines is 1. The van der Waals surface area contributed by atoms with Gasteiger partial charge >= 0.3 is 0 Å². The van der Waals surface area contributed by atoms with Crippen LogP contribution in [0.25, 0.3) is 11.4 Å². The molecule has 1 fully saturated rings. The van der Waals surface area contributed by atoms with Crippen LogP contribution in [0.4, 0.5) is 5.82 Å². The molecule has 0 spiro atoms. The van der Waals surface area contributed by atoms with E-state index in [4.69, 9.17) is 21.6 Å². The zero-order valence-corrected chi connectivity index (χ0v) is 22.3. The zero-order chi connectivity index (χ0) is 25.1. The van der Waals surface area contributed by atoms with Gasteiger partial charge in [0.25, 0.3) is 5.91 Å². The molecule has 3 aromatic carbocycles. The molecule has 0 radical (unpaired) electrons. The smallest absolute Gasteiger partial charge is 0.254 e. The Morgan fingerprint density at radius 3 is 2.33 bits per heavy atom. The van der Waals surface area contributed by atoms with Gasteiger partial charge in [-0.25, -0.2) is 9.97 Å². The zero-order valence-electron chi connectivity index (χ0n) is 20.0. The van der Waals surface area contributed by atoms with Gasteiger partial charge in [0.2, 0.25) is 0 Å². The van der Waals surface area contributed by atoms with E-state index in [1.54, 1.807) is 0 Å². The topological polar surface area (TPSA) is 49.3 Å². The van der Waals surface area contributed by atoms with E-state index in [2.05, 4.69) is 27.8 Å². The van der Waals surface area contributed by atoms with Crippen LogP contribution in [0.1, 0.15) is 27.2 Å². The number of benzene rings is 3. The normalized spacial score (nSPS) is 13.6. The molecule has 1 aliphatic heterocycles. The van der Waals surface area contributed by atoms with Crippen molar-refractivity contribution in [2.75, 3.05) is 31.1 Å².